The lowest BCUT2D eigenvalue weighted by Crippen LogP contribution is -2.06. The summed E-state index contributed by atoms with van der Waals surface area (Å²) in [6.07, 6.45) is 0. The summed E-state index contributed by atoms with van der Waals surface area (Å²) in [6.45, 7) is 0. The summed E-state index contributed by atoms with van der Waals surface area (Å²) < 4.78 is 61.0. The number of hydrogen-bond donors (Lipinski definition) is 1. The summed E-state index contributed by atoms with van der Waals surface area (Å²) >= 11 is 2.66. The Kier molecular flexibility index (Phi) is 1.95. The van der Waals surface area contributed by atoms with Crippen molar-refractivity contribution < 1.29 is 19.4 Å². The van der Waals surface area contributed by atoms with Crippen LogP contribution in [0, 0.1) is 0 Å². The molecule has 0 spiro atoms. The van der Waals surface area contributed by atoms with Crippen molar-refractivity contribution in [2.24, 2.45) is 0 Å². The maximum absolute atomic E-state index is 12.2. The van der Waals surface area contributed by atoms with Crippen LogP contribution in [0.4, 0.5) is 25.1 Å². The third-order valence-corrected chi connectivity index (χ3v) is 2.92. The molecule has 0 aliphatic carbocycles. The quantitative estimate of drug-likeness (QED) is 0.591. The second-order valence-electron chi connectivity index (χ2n) is 2.69. The van der Waals surface area contributed by atoms with E-state index >= 15 is 0 Å². The summed E-state index contributed by atoms with van der Waals surface area (Å²) in [5.41, 5.74) is 4.66. The van der Waals surface area contributed by atoms with Gasteiger partial charge in [-0.15, -0.1) is 0 Å². The van der Waals surface area contributed by atoms with Gasteiger partial charge in [0.1, 0.15) is 4.90 Å². The normalized spacial score (nSPS) is 17.3. The predicted octanol–water partition coefficient (Wildman–Crippen LogP) is 4.69. The Balaban J connectivity index is 3.50. The molecule has 0 amide bonds. The fourth-order valence-corrected chi connectivity index (χ4v) is 2.18. The van der Waals surface area contributed by atoms with Crippen LogP contribution in [0.25, 0.3) is 0 Å². The Labute approximate surface area is 84.9 Å². The fraction of sp³-hybridized carbons (Fsp3) is 0. The van der Waals surface area contributed by atoms with Crippen molar-refractivity contribution in [3.8, 4) is 0 Å². The maximum Gasteiger partial charge on any atom is 0.310 e. The molecule has 14 heavy (non-hydrogen) atoms. The van der Waals surface area contributed by atoms with Gasteiger partial charge in [-0.2, -0.15) is 0 Å². The minimum absolute atomic E-state index is 0.138. The monoisotopic (exact) mass is 297 g/mol. The Hall–Kier alpha value is -0.500. The Morgan fingerprint density at radius 1 is 1.00 bits per heavy atom. The van der Waals surface area contributed by atoms with E-state index in [2.05, 4.69) is 15.9 Å². The largest absolute Gasteiger partial charge is 0.399 e. The molecule has 0 heterocycles. The van der Waals surface area contributed by atoms with E-state index in [1.807, 2.05) is 0 Å². The number of halogens is 6. The van der Waals surface area contributed by atoms with Gasteiger partial charge in [-0.1, -0.05) is 35.4 Å². The second-order valence-corrected chi connectivity index (χ2v) is 6.01. The van der Waals surface area contributed by atoms with Crippen LogP contribution in [0.5, 0.6) is 0 Å². The molecule has 0 unspecified atom stereocenters. The van der Waals surface area contributed by atoms with Gasteiger partial charge in [-0.25, -0.2) is 0 Å². The highest BCUT2D eigenvalue weighted by Crippen LogP contribution is 3.02. The van der Waals surface area contributed by atoms with E-state index in [9.17, 15) is 19.4 Å². The van der Waals surface area contributed by atoms with Crippen LogP contribution in [0.15, 0.2) is 27.6 Å². The van der Waals surface area contributed by atoms with E-state index in [0.717, 1.165) is 6.07 Å². The summed E-state index contributed by atoms with van der Waals surface area (Å²) in [7, 11) is -9.61. The van der Waals surface area contributed by atoms with Crippen molar-refractivity contribution >= 4 is 31.8 Å². The number of nitrogen functional groups attached to an aromatic ring is 1. The van der Waals surface area contributed by atoms with Crippen molar-refractivity contribution in [3.05, 3.63) is 22.7 Å². The van der Waals surface area contributed by atoms with Gasteiger partial charge in [-0.05, 0) is 18.2 Å². The van der Waals surface area contributed by atoms with E-state index in [1.165, 1.54) is 0 Å². The van der Waals surface area contributed by atoms with E-state index in [-0.39, 0.29) is 16.2 Å². The summed E-state index contributed by atoms with van der Waals surface area (Å²) in [6, 6.07) is 1.62. The van der Waals surface area contributed by atoms with Crippen LogP contribution >= 0.6 is 26.2 Å². The molecule has 1 nitrogen and oxygen atoms in total. The van der Waals surface area contributed by atoms with E-state index in [1.54, 1.807) is 0 Å². The van der Waals surface area contributed by atoms with Crippen LogP contribution in [-0.2, 0) is 0 Å². The van der Waals surface area contributed by atoms with Gasteiger partial charge in [0.25, 0.3) is 0 Å². The molecule has 0 bridgehead atoms. The molecule has 0 aliphatic heterocycles. The lowest BCUT2D eigenvalue weighted by atomic mass is 10.3. The number of hydrogen-bond acceptors (Lipinski definition) is 1. The van der Waals surface area contributed by atoms with E-state index < -0.39 is 15.1 Å². The predicted molar refractivity (Wildman–Crippen MR) is 50.0 cm³/mol. The van der Waals surface area contributed by atoms with Gasteiger partial charge in [0.15, 0.2) is 0 Å². The molecule has 0 saturated carbocycles. The summed E-state index contributed by atoms with van der Waals surface area (Å²) in [5.74, 6) is 0. The molecule has 1 aromatic carbocycles. The third kappa shape index (κ3) is 2.74. The molecule has 1 rings (SSSR count). The van der Waals surface area contributed by atoms with Crippen molar-refractivity contribution in [1.29, 1.82) is 0 Å². The Bertz CT molecular complexity index is 366. The Morgan fingerprint density at radius 2 is 1.50 bits per heavy atom. The molecule has 82 valence electrons. The number of nitrogens with two attached hydrogens (primary N) is 1. The standard InChI is InChI=1S/C6H5BrF5NS/c7-4-1-5(13)3-6(2-4)14(8,9,10,11)12/h1-3H,13H2. The number of benzene rings is 1. The van der Waals surface area contributed by atoms with Gasteiger partial charge in [0.2, 0.25) is 0 Å². The zero-order valence-electron chi connectivity index (χ0n) is 6.49. The second kappa shape index (κ2) is 2.35. The molecule has 0 radical (unpaired) electrons. The highest BCUT2D eigenvalue weighted by atomic mass is 79.9. The molecule has 8 heteroatoms. The van der Waals surface area contributed by atoms with Gasteiger partial charge >= 0.3 is 10.2 Å². The van der Waals surface area contributed by atoms with Crippen molar-refractivity contribution in [1.82, 2.24) is 0 Å². The maximum atomic E-state index is 12.2. The fourth-order valence-electron chi connectivity index (χ4n) is 0.807. The third-order valence-electron chi connectivity index (χ3n) is 1.34. The summed E-state index contributed by atoms with van der Waals surface area (Å²) in [4.78, 5) is -1.99. The zero-order chi connectivity index (χ0) is 11.3. The van der Waals surface area contributed by atoms with E-state index in [0.29, 0.717) is 6.07 Å². The lowest BCUT2D eigenvalue weighted by molar-refractivity contribution is 0.364. The average molecular weight is 298 g/mol. The lowest BCUT2D eigenvalue weighted by Gasteiger charge is -2.40. The smallest absolute Gasteiger partial charge is 0.310 e. The minimum Gasteiger partial charge on any atom is -0.399 e. The topological polar surface area (TPSA) is 26.0 Å². The highest BCUT2D eigenvalue weighted by molar-refractivity contribution is 9.10. The molecule has 0 saturated heterocycles. The molecular weight excluding hydrogens is 293 g/mol. The van der Waals surface area contributed by atoms with Crippen molar-refractivity contribution in [2.75, 3.05) is 5.73 Å². The van der Waals surface area contributed by atoms with Gasteiger partial charge in [0, 0.05) is 10.2 Å². The molecule has 0 fully saturated rings. The molecule has 0 aliphatic rings. The highest BCUT2D eigenvalue weighted by Gasteiger charge is 2.65. The van der Waals surface area contributed by atoms with Crippen molar-refractivity contribution in [2.45, 2.75) is 4.90 Å². The molecular formula is C6H5BrF5NS. The minimum atomic E-state index is -9.61. The average Bonchev–Trinajstić information content (AvgIpc) is 1.78. The van der Waals surface area contributed by atoms with Crippen LogP contribution in [-0.4, -0.2) is 0 Å². The zero-order valence-corrected chi connectivity index (χ0v) is 8.89. The van der Waals surface area contributed by atoms with Gasteiger partial charge < -0.3 is 5.73 Å². The first-order valence-electron chi connectivity index (χ1n) is 3.19. The van der Waals surface area contributed by atoms with Crippen LogP contribution < -0.4 is 5.73 Å². The first-order chi connectivity index (χ1) is 5.88. The molecule has 0 atom stereocenters. The first kappa shape index (κ1) is 11.6. The molecule has 1 aromatic rings. The number of rotatable bonds is 1. The summed E-state index contributed by atoms with van der Waals surface area (Å²) in [5, 5.41) is 0. The van der Waals surface area contributed by atoms with Gasteiger partial charge in [-0.3, -0.25) is 0 Å². The Morgan fingerprint density at radius 3 is 1.86 bits per heavy atom. The SMILES string of the molecule is Nc1cc(Br)cc(S(F)(F)(F)(F)F)c1. The van der Waals surface area contributed by atoms with Crippen molar-refractivity contribution in [3.63, 3.8) is 0 Å². The molecule has 0 aromatic heterocycles. The number of anilines is 1. The molecule has 2 N–H and O–H groups in total. The first-order valence-corrected chi connectivity index (χ1v) is 5.93. The van der Waals surface area contributed by atoms with Crippen LogP contribution in [0.3, 0.4) is 0 Å². The van der Waals surface area contributed by atoms with Crippen LogP contribution in [0.2, 0.25) is 0 Å². The van der Waals surface area contributed by atoms with Gasteiger partial charge in [0.05, 0.1) is 0 Å². The van der Waals surface area contributed by atoms with E-state index in [4.69, 9.17) is 5.73 Å². The van der Waals surface area contributed by atoms with Crippen LogP contribution in [0.1, 0.15) is 0 Å².